The molecule has 0 aromatic carbocycles. The molecular formula is C12H18N2OS2. The van der Waals surface area contributed by atoms with Crippen LogP contribution >= 0.6 is 23.5 Å². The second-order valence-corrected chi connectivity index (χ2v) is 6.72. The van der Waals surface area contributed by atoms with Gasteiger partial charge in [-0.15, -0.1) is 11.8 Å². The van der Waals surface area contributed by atoms with Crippen LogP contribution in [0.5, 0.6) is 0 Å². The third kappa shape index (κ3) is 3.14. The van der Waals surface area contributed by atoms with Gasteiger partial charge in [0.25, 0.3) is 0 Å². The van der Waals surface area contributed by atoms with E-state index in [0.29, 0.717) is 10.5 Å². The van der Waals surface area contributed by atoms with E-state index < -0.39 is 0 Å². The molecule has 17 heavy (non-hydrogen) atoms. The lowest BCUT2D eigenvalue weighted by Gasteiger charge is -2.29. The number of rotatable bonds is 3. The fourth-order valence-electron chi connectivity index (χ4n) is 2.01. The number of hydrogen-bond acceptors (Lipinski definition) is 5. The molecule has 1 saturated heterocycles. The van der Waals surface area contributed by atoms with Crippen LogP contribution < -0.4 is 0 Å². The highest BCUT2D eigenvalue weighted by atomic mass is 32.2. The van der Waals surface area contributed by atoms with Gasteiger partial charge in [-0.2, -0.15) is 11.8 Å². The monoisotopic (exact) mass is 270 g/mol. The number of nitrogens with zero attached hydrogens (tertiary/aromatic N) is 2. The van der Waals surface area contributed by atoms with Crippen LogP contribution in [-0.2, 0) is 6.61 Å². The first-order chi connectivity index (χ1) is 8.24. The molecule has 3 nitrogen and oxygen atoms in total. The van der Waals surface area contributed by atoms with E-state index in [-0.39, 0.29) is 6.61 Å². The Labute approximate surface area is 111 Å². The average molecular weight is 270 g/mol. The van der Waals surface area contributed by atoms with Crippen LogP contribution in [0.1, 0.15) is 35.8 Å². The number of aliphatic hydroxyl groups excluding tert-OH is 1. The first-order valence-corrected chi connectivity index (χ1v) is 8.03. The van der Waals surface area contributed by atoms with Gasteiger partial charge in [0.05, 0.1) is 17.6 Å². The van der Waals surface area contributed by atoms with Crippen LogP contribution in [0.3, 0.4) is 0 Å². The molecule has 0 saturated carbocycles. The van der Waals surface area contributed by atoms with Crippen molar-refractivity contribution in [3.05, 3.63) is 23.3 Å². The normalized spacial score (nSPS) is 24.9. The molecule has 1 aliphatic rings. The Morgan fingerprint density at radius 3 is 2.82 bits per heavy atom. The summed E-state index contributed by atoms with van der Waals surface area (Å²) in [5.41, 5.74) is 1.68. The first-order valence-electron chi connectivity index (χ1n) is 5.93. The smallest absolute Gasteiger partial charge is 0.143 e. The molecule has 0 radical (unpaired) electrons. The van der Waals surface area contributed by atoms with Gasteiger partial charge >= 0.3 is 0 Å². The summed E-state index contributed by atoms with van der Waals surface area (Å²) in [6, 6.07) is 1.85. The van der Waals surface area contributed by atoms with Crippen LogP contribution in [0, 0.1) is 6.92 Å². The van der Waals surface area contributed by atoms with Crippen LogP contribution in [-0.4, -0.2) is 31.8 Å². The molecule has 1 aromatic heterocycles. The average Bonchev–Trinajstić information content (AvgIpc) is 2.37. The number of aliphatic hydroxyl groups is 1. The van der Waals surface area contributed by atoms with Crippen molar-refractivity contribution in [2.24, 2.45) is 0 Å². The third-order valence-electron chi connectivity index (χ3n) is 2.79. The van der Waals surface area contributed by atoms with Crippen molar-refractivity contribution >= 4 is 23.5 Å². The Hall–Kier alpha value is -0.260. The molecule has 1 N–H and O–H groups in total. The van der Waals surface area contributed by atoms with Gasteiger partial charge in [0.2, 0.25) is 0 Å². The molecule has 1 fully saturated rings. The van der Waals surface area contributed by atoms with E-state index >= 15 is 0 Å². The van der Waals surface area contributed by atoms with Gasteiger partial charge in [0, 0.05) is 22.4 Å². The molecule has 2 atom stereocenters. The Morgan fingerprint density at radius 2 is 2.12 bits per heavy atom. The zero-order valence-electron chi connectivity index (χ0n) is 10.2. The number of hydrogen-bond donors (Lipinski definition) is 1. The SMILES string of the molecule is CCC1SCCSC1c1nc(C)cc(CO)n1. The van der Waals surface area contributed by atoms with E-state index in [1.807, 2.05) is 36.5 Å². The Morgan fingerprint density at radius 1 is 1.35 bits per heavy atom. The molecular weight excluding hydrogens is 252 g/mol. The van der Waals surface area contributed by atoms with Gasteiger partial charge in [0.1, 0.15) is 5.82 Å². The molecule has 2 rings (SSSR count). The minimum atomic E-state index is -0.00230. The molecule has 0 bridgehead atoms. The summed E-state index contributed by atoms with van der Waals surface area (Å²) < 4.78 is 0. The highest BCUT2D eigenvalue weighted by Crippen LogP contribution is 2.42. The molecule has 1 aliphatic heterocycles. The molecule has 2 unspecified atom stereocenters. The minimum absolute atomic E-state index is 0.00230. The van der Waals surface area contributed by atoms with Gasteiger partial charge in [-0.1, -0.05) is 6.92 Å². The molecule has 5 heteroatoms. The standard InChI is InChI=1S/C12H18N2OS2/c1-3-10-11(17-5-4-16-10)12-13-8(2)6-9(7-15)14-12/h6,10-11,15H,3-5,7H2,1-2H3. The van der Waals surface area contributed by atoms with Gasteiger partial charge in [-0.3, -0.25) is 0 Å². The molecule has 0 spiro atoms. The maximum Gasteiger partial charge on any atom is 0.143 e. The minimum Gasteiger partial charge on any atom is -0.390 e. The van der Waals surface area contributed by atoms with E-state index in [1.165, 1.54) is 5.75 Å². The predicted molar refractivity (Wildman–Crippen MR) is 74.4 cm³/mol. The fourth-order valence-corrected chi connectivity index (χ4v) is 5.00. The molecule has 1 aromatic rings. The van der Waals surface area contributed by atoms with Crippen LogP contribution in [0.2, 0.25) is 0 Å². The maximum atomic E-state index is 9.21. The van der Waals surface area contributed by atoms with Crippen molar-refractivity contribution in [1.82, 2.24) is 9.97 Å². The summed E-state index contributed by atoms with van der Waals surface area (Å²) in [4.78, 5) is 9.03. The summed E-state index contributed by atoms with van der Waals surface area (Å²) in [5, 5.41) is 10.2. The topological polar surface area (TPSA) is 46.0 Å². The Bertz CT molecular complexity index is 387. The largest absolute Gasteiger partial charge is 0.390 e. The summed E-state index contributed by atoms with van der Waals surface area (Å²) in [6.07, 6.45) is 1.15. The van der Waals surface area contributed by atoms with Crippen molar-refractivity contribution in [3.63, 3.8) is 0 Å². The summed E-state index contributed by atoms with van der Waals surface area (Å²) >= 11 is 3.97. The summed E-state index contributed by atoms with van der Waals surface area (Å²) in [6.45, 7) is 4.18. The van der Waals surface area contributed by atoms with Crippen molar-refractivity contribution in [2.45, 2.75) is 37.4 Å². The van der Waals surface area contributed by atoms with Gasteiger partial charge in [0.15, 0.2) is 0 Å². The van der Waals surface area contributed by atoms with E-state index in [2.05, 4.69) is 16.9 Å². The van der Waals surface area contributed by atoms with E-state index in [1.54, 1.807) is 0 Å². The first kappa shape index (κ1) is 13.2. The summed E-state index contributed by atoms with van der Waals surface area (Å²) in [5.74, 6) is 3.29. The van der Waals surface area contributed by atoms with Gasteiger partial charge < -0.3 is 5.11 Å². The quantitative estimate of drug-likeness (QED) is 0.914. The fraction of sp³-hybridized carbons (Fsp3) is 0.667. The van der Waals surface area contributed by atoms with Crippen molar-refractivity contribution in [2.75, 3.05) is 11.5 Å². The number of aryl methyl sites for hydroxylation is 1. The zero-order valence-corrected chi connectivity index (χ0v) is 11.9. The lowest BCUT2D eigenvalue weighted by atomic mass is 10.2. The number of thioether (sulfide) groups is 2. The Balaban J connectivity index is 2.27. The van der Waals surface area contributed by atoms with Gasteiger partial charge in [-0.05, 0) is 19.4 Å². The van der Waals surface area contributed by atoms with Crippen LogP contribution in [0.15, 0.2) is 6.07 Å². The summed E-state index contributed by atoms with van der Waals surface area (Å²) in [7, 11) is 0. The number of aromatic nitrogens is 2. The Kier molecular flexibility index (Phi) is 4.70. The second-order valence-electron chi connectivity index (χ2n) is 4.13. The highest BCUT2D eigenvalue weighted by Gasteiger charge is 2.28. The lowest BCUT2D eigenvalue weighted by Crippen LogP contribution is -2.21. The van der Waals surface area contributed by atoms with Crippen molar-refractivity contribution < 1.29 is 5.11 Å². The molecule has 0 amide bonds. The van der Waals surface area contributed by atoms with E-state index in [9.17, 15) is 5.11 Å². The second kappa shape index (κ2) is 6.07. The van der Waals surface area contributed by atoms with Crippen molar-refractivity contribution in [3.8, 4) is 0 Å². The van der Waals surface area contributed by atoms with Crippen LogP contribution in [0.25, 0.3) is 0 Å². The van der Waals surface area contributed by atoms with E-state index in [0.717, 1.165) is 29.4 Å². The lowest BCUT2D eigenvalue weighted by molar-refractivity contribution is 0.276. The van der Waals surface area contributed by atoms with Crippen molar-refractivity contribution in [1.29, 1.82) is 0 Å². The third-order valence-corrected chi connectivity index (χ3v) is 6.04. The van der Waals surface area contributed by atoms with E-state index in [4.69, 9.17) is 0 Å². The molecule has 2 heterocycles. The van der Waals surface area contributed by atoms with Crippen LogP contribution in [0.4, 0.5) is 0 Å². The molecule has 0 aliphatic carbocycles. The molecule has 94 valence electrons. The van der Waals surface area contributed by atoms with Gasteiger partial charge in [-0.25, -0.2) is 9.97 Å². The maximum absolute atomic E-state index is 9.21. The predicted octanol–water partition coefficient (Wildman–Crippen LogP) is 2.58. The zero-order chi connectivity index (χ0) is 12.3. The highest BCUT2D eigenvalue weighted by molar-refractivity contribution is 8.06.